The van der Waals surface area contributed by atoms with Gasteiger partial charge < -0.3 is 11.1 Å². The van der Waals surface area contributed by atoms with Crippen molar-refractivity contribution in [2.24, 2.45) is 17.6 Å². The molecule has 4 unspecified atom stereocenters. The summed E-state index contributed by atoms with van der Waals surface area (Å²) in [6.07, 6.45) is 4.22. The smallest absolute Gasteiger partial charge is 0.224 e. The standard InChI is InChI=1S/C12H24N2O/c1-4-9(3)14-12(15)10-7-5-6-8(2)11(10)13/h8-11H,4-7,13H2,1-3H3,(H,14,15). The van der Waals surface area contributed by atoms with Crippen LogP contribution in [-0.2, 0) is 4.79 Å². The zero-order valence-corrected chi connectivity index (χ0v) is 10.1. The molecule has 1 saturated carbocycles. The van der Waals surface area contributed by atoms with Crippen LogP contribution in [0.25, 0.3) is 0 Å². The molecule has 0 aromatic rings. The van der Waals surface area contributed by atoms with Gasteiger partial charge in [0.25, 0.3) is 0 Å². The van der Waals surface area contributed by atoms with Crippen molar-refractivity contribution in [3.63, 3.8) is 0 Å². The van der Waals surface area contributed by atoms with Gasteiger partial charge in [0, 0.05) is 12.1 Å². The summed E-state index contributed by atoms with van der Waals surface area (Å²) in [4.78, 5) is 11.9. The molecule has 0 aliphatic heterocycles. The predicted molar refractivity (Wildman–Crippen MR) is 62.4 cm³/mol. The Hall–Kier alpha value is -0.570. The Kier molecular flexibility index (Phi) is 4.58. The van der Waals surface area contributed by atoms with E-state index in [1.807, 2.05) is 6.92 Å². The minimum absolute atomic E-state index is 0.0303. The van der Waals surface area contributed by atoms with E-state index in [0.29, 0.717) is 5.92 Å². The highest BCUT2D eigenvalue weighted by molar-refractivity contribution is 5.79. The summed E-state index contributed by atoms with van der Waals surface area (Å²) in [7, 11) is 0. The third kappa shape index (κ3) is 3.20. The molecule has 3 heteroatoms. The average Bonchev–Trinajstić information content (AvgIpc) is 2.21. The lowest BCUT2D eigenvalue weighted by atomic mass is 9.78. The molecule has 3 nitrogen and oxygen atoms in total. The second-order valence-electron chi connectivity index (χ2n) is 4.91. The molecule has 1 rings (SSSR count). The molecule has 4 atom stereocenters. The van der Waals surface area contributed by atoms with Crippen molar-refractivity contribution in [1.29, 1.82) is 0 Å². The molecule has 0 aromatic heterocycles. The molecular formula is C12H24N2O. The van der Waals surface area contributed by atoms with Crippen molar-refractivity contribution in [2.75, 3.05) is 0 Å². The van der Waals surface area contributed by atoms with Gasteiger partial charge in [0.2, 0.25) is 5.91 Å². The van der Waals surface area contributed by atoms with Crippen LogP contribution in [-0.4, -0.2) is 18.0 Å². The van der Waals surface area contributed by atoms with E-state index in [1.54, 1.807) is 0 Å². The molecule has 0 radical (unpaired) electrons. The van der Waals surface area contributed by atoms with Crippen molar-refractivity contribution in [2.45, 2.75) is 58.5 Å². The van der Waals surface area contributed by atoms with Crippen LogP contribution in [0.15, 0.2) is 0 Å². The average molecular weight is 212 g/mol. The van der Waals surface area contributed by atoms with Crippen molar-refractivity contribution in [1.82, 2.24) is 5.32 Å². The first-order valence-electron chi connectivity index (χ1n) is 6.12. The molecule has 88 valence electrons. The maximum absolute atomic E-state index is 11.9. The van der Waals surface area contributed by atoms with Gasteiger partial charge >= 0.3 is 0 Å². The van der Waals surface area contributed by atoms with Crippen LogP contribution in [0.3, 0.4) is 0 Å². The minimum atomic E-state index is 0.0303. The maximum Gasteiger partial charge on any atom is 0.224 e. The molecule has 0 heterocycles. The Labute approximate surface area is 92.8 Å². The van der Waals surface area contributed by atoms with E-state index in [2.05, 4.69) is 19.2 Å². The topological polar surface area (TPSA) is 55.1 Å². The number of nitrogens with one attached hydrogen (secondary N) is 1. The van der Waals surface area contributed by atoms with E-state index in [4.69, 9.17) is 5.73 Å². The maximum atomic E-state index is 11.9. The summed E-state index contributed by atoms with van der Waals surface area (Å²) in [5.74, 6) is 0.664. The zero-order valence-electron chi connectivity index (χ0n) is 10.1. The summed E-state index contributed by atoms with van der Waals surface area (Å²) in [5.41, 5.74) is 6.08. The largest absolute Gasteiger partial charge is 0.353 e. The number of hydrogen-bond acceptors (Lipinski definition) is 2. The molecule has 1 aliphatic rings. The lowest BCUT2D eigenvalue weighted by Crippen LogP contribution is -2.49. The number of rotatable bonds is 3. The Bertz CT molecular complexity index is 218. The number of carbonyl (C=O) groups is 1. The van der Waals surface area contributed by atoms with Crippen molar-refractivity contribution in [3.8, 4) is 0 Å². The molecule has 15 heavy (non-hydrogen) atoms. The Morgan fingerprint density at radius 1 is 1.53 bits per heavy atom. The number of carbonyl (C=O) groups excluding carboxylic acids is 1. The molecule has 0 aromatic carbocycles. The lowest BCUT2D eigenvalue weighted by Gasteiger charge is -2.33. The van der Waals surface area contributed by atoms with E-state index in [0.717, 1.165) is 25.7 Å². The Morgan fingerprint density at radius 2 is 2.20 bits per heavy atom. The first-order valence-corrected chi connectivity index (χ1v) is 6.12. The van der Waals surface area contributed by atoms with Gasteiger partial charge in [0.05, 0.1) is 5.92 Å². The molecule has 0 saturated heterocycles. The van der Waals surface area contributed by atoms with Crippen molar-refractivity contribution < 1.29 is 4.79 Å². The fourth-order valence-electron chi connectivity index (χ4n) is 2.20. The number of nitrogens with two attached hydrogens (primary N) is 1. The van der Waals surface area contributed by atoms with Crippen LogP contribution in [0.2, 0.25) is 0 Å². The van der Waals surface area contributed by atoms with Crippen molar-refractivity contribution >= 4 is 5.91 Å². The first kappa shape index (κ1) is 12.5. The summed E-state index contributed by atoms with van der Waals surface area (Å²) in [5, 5.41) is 3.03. The monoisotopic (exact) mass is 212 g/mol. The fourth-order valence-corrected chi connectivity index (χ4v) is 2.20. The zero-order chi connectivity index (χ0) is 11.4. The molecule has 3 N–H and O–H groups in total. The summed E-state index contributed by atoms with van der Waals surface area (Å²) < 4.78 is 0. The van der Waals surface area contributed by atoms with Gasteiger partial charge in [-0.1, -0.05) is 20.3 Å². The third-order valence-corrected chi connectivity index (χ3v) is 3.63. The normalized spacial score (nSPS) is 33.5. The minimum Gasteiger partial charge on any atom is -0.353 e. The molecule has 0 spiro atoms. The number of amides is 1. The van der Waals surface area contributed by atoms with Gasteiger partial charge in [-0.05, 0) is 32.1 Å². The van der Waals surface area contributed by atoms with Crippen LogP contribution in [0.5, 0.6) is 0 Å². The van der Waals surface area contributed by atoms with Gasteiger partial charge in [0.15, 0.2) is 0 Å². The van der Waals surface area contributed by atoms with Crippen LogP contribution >= 0.6 is 0 Å². The third-order valence-electron chi connectivity index (χ3n) is 3.63. The van der Waals surface area contributed by atoms with Crippen LogP contribution in [0.4, 0.5) is 0 Å². The van der Waals surface area contributed by atoms with E-state index in [-0.39, 0.29) is 23.9 Å². The highest BCUT2D eigenvalue weighted by atomic mass is 16.2. The van der Waals surface area contributed by atoms with E-state index in [9.17, 15) is 4.79 Å². The Balaban J connectivity index is 2.50. The highest BCUT2D eigenvalue weighted by Gasteiger charge is 2.32. The lowest BCUT2D eigenvalue weighted by molar-refractivity contribution is -0.127. The van der Waals surface area contributed by atoms with Crippen molar-refractivity contribution in [3.05, 3.63) is 0 Å². The van der Waals surface area contributed by atoms with Crippen LogP contribution in [0.1, 0.15) is 46.5 Å². The first-order chi connectivity index (χ1) is 7.06. The summed E-state index contributed by atoms with van der Waals surface area (Å²) in [6.45, 7) is 6.26. The molecule has 1 aliphatic carbocycles. The molecular weight excluding hydrogens is 188 g/mol. The molecule has 1 fully saturated rings. The molecule has 1 amide bonds. The van der Waals surface area contributed by atoms with Gasteiger partial charge in [-0.15, -0.1) is 0 Å². The SMILES string of the molecule is CCC(C)NC(=O)C1CCCC(C)C1N. The van der Waals surface area contributed by atoms with Gasteiger partial charge in [-0.3, -0.25) is 4.79 Å². The Morgan fingerprint density at radius 3 is 2.80 bits per heavy atom. The van der Waals surface area contributed by atoms with Crippen LogP contribution in [0, 0.1) is 11.8 Å². The summed E-state index contributed by atoms with van der Waals surface area (Å²) in [6, 6.07) is 0.310. The van der Waals surface area contributed by atoms with E-state index < -0.39 is 0 Å². The second kappa shape index (κ2) is 5.50. The summed E-state index contributed by atoms with van der Waals surface area (Å²) >= 11 is 0. The van der Waals surface area contributed by atoms with E-state index >= 15 is 0 Å². The molecule has 0 bridgehead atoms. The quantitative estimate of drug-likeness (QED) is 0.747. The van der Waals surface area contributed by atoms with Gasteiger partial charge in [-0.2, -0.15) is 0 Å². The second-order valence-corrected chi connectivity index (χ2v) is 4.91. The number of hydrogen-bond donors (Lipinski definition) is 2. The van der Waals surface area contributed by atoms with E-state index in [1.165, 1.54) is 0 Å². The van der Waals surface area contributed by atoms with Gasteiger partial charge in [0.1, 0.15) is 0 Å². The van der Waals surface area contributed by atoms with Crippen LogP contribution < -0.4 is 11.1 Å². The predicted octanol–water partition coefficient (Wildman–Crippen LogP) is 1.66. The van der Waals surface area contributed by atoms with Gasteiger partial charge in [-0.25, -0.2) is 0 Å². The fraction of sp³-hybridized carbons (Fsp3) is 0.917. The highest BCUT2D eigenvalue weighted by Crippen LogP contribution is 2.27.